The van der Waals surface area contributed by atoms with Crippen molar-refractivity contribution in [1.82, 2.24) is 20.3 Å². The molecule has 2 saturated carbocycles. The Kier molecular flexibility index (Phi) is 5.19. The zero-order valence-corrected chi connectivity index (χ0v) is 16.2. The number of carbonyl (C=O) groups excluding carboxylic acids is 1. The van der Waals surface area contributed by atoms with Crippen molar-refractivity contribution >= 4 is 5.91 Å². The van der Waals surface area contributed by atoms with Gasteiger partial charge in [-0.25, -0.2) is 9.97 Å². The van der Waals surface area contributed by atoms with E-state index < -0.39 is 0 Å². The Morgan fingerprint density at radius 1 is 1.19 bits per heavy atom. The molecule has 2 aromatic heterocycles. The van der Waals surface area contributed by atoms with Crippen LogP contribution in [0.25, 0.3) is 11.3 Å². The maximum absolute atomic E-state index is 12.0. The Bertz CT molecular complexity index is 799. The Balaban J connectivity index is 1.39. The van der Waals surface area contributed by atoms with Crippen molar-refractivity contribution in [2.24, 2.45) is 17.8 Å². The SMILES string of the molecule is Cc1ncc(-c2ccccn2)c(C2CCC(CNC(=O)[C@@H]3C[C@@H]3C)CC2)n1. The number of nitrogens with one attached hydrogen (secondary N) is 1. The van der Waals surface area contributed by atoms with Gasteiger partial charge < -0.3 is 5.32 Å². The molecule has 0 aromatic carbocycles. The van der Waals surface area contributed by atoms with Crippen molar-refractivity contribution in [2.45, 2.75) is 51.9 Å². The average Bonchev–Trinajstić information content (AvgIpc) is 3.44. The molecule has 2 aliphatic rings. The van der Waals surface area contributed by atoms with Crippen molar-refractivity contribution in [1.29, 1.82) is 0 Å². The van der Waals surface area contributed by atoms with Gasteiger partial charge in [0, 0.05) is 36.3 Å². The van der Waals surface area contributed by atoms with Crippen LogP contribution in [0.4, 0.5) is 0 Å². The van der Waals surface area contributed by atoms with Crippen molar-refractivity contribution in [3.05, 3.63) is 42.1 Å². The van der Waals surface area contributed by atoms with E-state index >= 15 is 0 Å². The van der Waals surface area contributed by atoms with E-state index in [0.717, 1.165) is 61.4 Å². The van der Waals surface area contributed by atoms with E-state index in [1.54, 1.807) is 0 Å². The van der Waals surface area contributed by atoms with Gasteiger partial charge in [0.25, 0.3) is 0 Å². The molecule has 0 spiro atoms. The Morgan fingerprint density at radius 3 is 2.63 bits per heavy atom. The summed E-state index contributed by atoms with van der Waals surface area (Å²) in [6.07, 6.45) is 9.28. The number of rotatable bonds is 5. The topological polar surface area (TPSA) is 67.8 Å². The van der Waals surface area contributed by atoms with Crippen LogP contribution < -0.4 is 5.32 Å². The number of amides is 1. The molecule has 0 aliphatic heterocycles. The minimum absolute atomic E-state index is 0.258. The van der Waals surface area contributed by atoms with Gasteiger partial charge in [-0.2, -0.15) is 0 Å². The number of aryl methyl sites for hydroxylation is 1. The number of pyridine rings is 1. The summed E-state index contributed by atoms with van der Waals surface area (Å²) >= 11 is 0. The molecule has 4 rings (SSSR count). The molecular weight excluding hydrogens is 336 g/mol. The Hall–Kier alpha value is -2.30. The van der Waals surface area contributed by atoms with Crippen LogP contribution in [-0.2, 0) is 4.79 Å². The van der Waals surface area contributed by atoms with Gasteiger partial charge in [0.05, 0.1) is 11.4 Å². The molecule has 2 aromatic rings. The lowest BCUT2D eigenvalue weighted by atomic mass is 9.79. The first-order valence-electron chi connectivity index (χ1n) is 10.1. The number of nitrogens with zero attached hydrogens (tertiary/aromatic N) is 3. The minimum atomic E-state index is 0.258. The molecule has 2 aliphatic carbocycles. The lowest BCUT2D eigenvalue weighted by Gasteiger charge is -2.29. The second-order valence-electron chi connectivity index (χ2n) is 8.21. The molecule has 0 saturated heterocycles. The highest BCUT2D eigenvalue weighted by Crippen LogP contribution is 2.39. The second-order valence-corrected chi connectivity index (χ2v) is 8.21. The zero-order valence-electron chi connectivity index (χ0n) is 16.2. The van der Waals surface area contributed by atoms with Crippen molar-refractivity contribution < 1.29 is 4.79 Å². The Morgan fingerprint density at radius 2 is 1.96 bits per heavy atom. The van der Waals surface area contributed by atoms with E-state index in [-0.39, 0.29) is 11.8 Å². The molecule has 2 fully saturated rings. The smallest absolute Gasteiger partial charge is 0.223 e. The van der Waals surface area contributed by atoms with Crippen LogP contribution in [0.3, 0.4) is 0 Å². The summed E-state index contributed by atoms with van der Waals surface area (Å²) in [6, 6.07) is 5.96. The van der Waals surface area contributed by atoms with Gasteiger partial charge in [-0.3, -0.25) is 9.78 Å². The molecule has 142 valence electrons. The van der Waals surface area contributed by atoms with Gasteiger partial charge in [-0.05, 0) is 63.0 Å². The molecule has 0 bridgehead atoms. The van der Waals surface area contributed by atoms with Crippen LogP contribution in [0.2, 0.25) is 0 Å². The van der Waals surface area contributed by atoms with Crippen LogP contribution in [-0.4, -0.2) is 27.4 Å². The van der Waals surface area contributed by atoms with Gasteiger partial charge in [0.15, 0.2) is 0 Å². The molecule has 0 radical (unpaired) electrons. The third kappa shape index (κ3) is 4.18. The van der Waals surface area contributed by atoms with E-state index in [2.05, 4.69) is 22.2 Å². The first-order chi connectivity index (χ1) is 13.1. The predicted molar refractivity (Wildman–Crippen MR) is 105 cm³/mol. The van der Waals surface area contributed by atoms with Crippen LogP contribution in [0.15, 0.2) is 30.6 Å². The lowest BCUT2D eigenvalue weighted by Crippen LogP contribution is -2.32. The van der Waals surface area contributed by atoms with E-state index in [9.17, 15) is 4.79 Å². The van der Waals surface area contributed by atoms with Gasteiger partial charge >= 0.3 is 0 Å². The number of aromatic nitrogens is 3. The Labute approximate surface area is 161 Å². The molecule has 2 atom stereocenters. The first kappa shape index (κ1) is 18.1. The van der Waals surface area contributed by atoms with Gasteiger partial charge in [0.1, 0.15) is 5.82 Å². The van der Waals surface area contributed by atoms with Crippen LogP contribution in [0.5, 0.6) is 0 Å². The van der Waals surface area contributed by atoms with Crippen LogP contribution in [0.1, 0.15) is 56.5 Å². The highest BCUT2D eigenvalue weighted by atomic mass is 16.2. The summed E-state index contributed by atoms with van der Waals surface area (Å²) in [5.74, 6) is 2.95. The quantitative estimate of drug-likeness (QED) is 0.874. The predicted octanol–water partition coefficient (Wildman–Crippen LogP) is 3.89. The maximum atomic E-state index is 12.0. The van der Waals surface area contributed by atoms with E-state index in [1.165, 1.54) is 0 Å². The van der Waals surface area contributed by atoms with E-state index in [1.807, 2.05) is 37.5 Å². The fourth-order valence-corrected chi connectivity index (χ4v) is 4.22. The molecule has 5 nitrogen and oxygen atoms in total. The number of carbonyl (C=O) groups is 1. The van der Waals surface area contributed by atoms with E-state index in [4.69, 9.17) is 4.98 Å². The standard InChI is InChI=1S/C22H28N4O/c1-14-11-18(14)22(27)25-12-16-6-8-17(9-7-16)21-19(13-24-15(2)26-21)20-5-3-4-10-23-20/h3-5,10,13-14,16-18H,6-9,11-12H2,1-2H3,(H,25,27)/t14-,16?,17?,18+/m0/s1. The maximum Gasteiger partial charge on any atom is 0.223 e. The summed E-state index contributed by atoms with van der Waals surface area (Å²) in [7, 11) is 0. The normalized spacial score (nSPS) is 27.2. The van der Waals surface area contributed by atoms with Crippen LogP contribution >= 0.6 is 0 Å². The molecule has 0 unspecified atom stereocenters. The zero-order chi connectivity index (χ0) is 18.8. The second kappa shape index (κ2) is 7.75. The molecule has 1 amide bonds. The van der Waals surface area contributed by atoms with Crippen molar-refractivity contribution in [2.75, 3.05) is 6.54 Å². The third-order valence-corrected chi connectivity index (χ3v) is 6.12. The summed E-state index contributed by atoms with van der Waals surface area (Å²) in [6.45, 7) is 4.93. The number of hydrogen-bond donors (Lipinski definition) is 1. The first-order valence-corrected chi connectivity index (χ1v) is 10.1. The lowest BCUT2D eigenvalue weighted by molar-refractivity contribution is -0.122. The largest absolute Gasteiger partial charge is 0.356 e. The minimum Gasteiger partial charge on any atom is -0.356 e. The summed E-state index contributed by atoms with van der Waals surface area (Å²) < 4.78 is 0. The van der Waals surface area contributed by atoms with E-state index in [0.29, 0.717) is 17.8 Å². The molecule has 5 heteroatoms. The third-order valence-electron chi connectivity index (χ3n) is 6.12. The molecular formula is C22H28N4O. The number of hydrogen-bond acceptors (Lipinski definition) is 4. The molecule has 2 heterocycles. The molecule has 1 N–H and O–H groups in total. The monoisotopic (exact) mass is 364 g/mol. The average molecular weight is 364 g/mol. The fourth-order valence-electron chi connectivity index (χ4n) is 4.22. The highest BCUT2D eigenvalue weighted by molar-refractivity contribution is 5.81. The van der Waals surface area contributed by atoms with Gasteiger partial charge in [0.2, 0.25) is 5.91 Å². The fraction of sp³-hybridized carbons (Fsp3) is 0.545. The van der Waals surface area contributed by atoms with Gasteiger partial charge in [-0.15, -0.1) is 0 Å². The highest BCUT2D eigenvalue weighted by Gasteiger charge is 2.39. The van der Waals surface area contributed by atoms with Crippen molar-refractivity contribution in [3.8, 4) is 11.3 Å². The molecule has 27 heavy (non-hydrogen) atoms. The van der Waals surface area contributed by atoms with Gasteiger partial charge in [-0.1, -0.05) is 13.0 Å². The summed E-state index contributed by atoms with van der Waals surface area (Å²) in [5, 5.41) is 3.17. The van der Waals surface area contributed by atoms with Crippen LogP contribution in [0, 0.1) is 24.7 Å². The summed E-state index contributed by atoms with van der Waals surface area (Å²) in [5.41, 5.74) is 3.14. The van der Waals surface area contributed by atoms with Crippen molar-refractivity contribution in [3.63, 3.8) is 0 Å². The summed E-state index contributed by atoms with van der Waals surface area (Å²) in [4.78, 5) is 25.7.